The minimum Gasteiger partial charge on any atom is -0.464 e. The van der Waals surface area contributed by atoms with E-state index in [1.165, 1.54) is 0 Å². The van der Waals surface area contributed by atoms with Crippen molar-refractivity contribution in [2.45, 2.75) is 19.4 Å². The first-order valence-electron chi connectivity index (χ1n) is 8.26. The Morgan fingerprint density at radius 1 is 1.32 bits per heavy atom. The maximum absolute atomic E-state index is 13.1. The fourth-order valence-electron chi connectivity index (χ4n) is 3.09. The Bertz CT molecular complexity index is 971. The Balaban J connectivity index is 1.66. The second kappa shape index (κ2) is 6.50. The molecule has 3 heterocycles. The summed E-state index contributed by atoms with van der Waals surface area (Å²) in [5.74, 6) is 1.58. The monoisotopic (exact) mass is 358 g/mol. The second-order valence-electron chi connectivity index (χ2n) is 5.97. The van der Waals surface area contributed by atoms with Gasteiger partial charge in [-0.05, 0) is 42.5 Å². The minimum atomic E-state index is -0.227. The van der Waals surface area contributed by atoms with Crippen LogP contribution in [0, 0.1) is 4.84 Å². The predicted octanol–water partition coefficient (Wildman–Crippen LogP) is 3.86. The predicted molar refractivity (Wildman–Crippen MR) is 94.1 cm³/mol. The average molecular weight is 358 g/mol. The molecule has 1 N–H and O–H groups in total. The lowest BCUT2D eigenvalue weighted by Crippen LogP contribution is -2.43. The molecule has 1 unspecified atom stereocenters. The molecular formula is C18H18N2O4S. The molecule has 1 aliphatic rings. The molecule has 1 fully saturated rings. The maximum atomic E-state index is 13.1. The van der Waals surface area contributed by atoms with E-state index >= 15 is 0 Å². The number of morpholine rings is 1. The molecular weight excluding hydrogens is 340 g/mol. The number of hydrogen-bond acceptors (Lipinski definition) is 5. The molecule has 25 heavy (non-hydrogen) atoms. The summed E-state index contributed by atoms with van der Waals surface area (Å²) in [6, 6.07) is 8.94. The van der Waals surface area contributed by atoms with Gasteiger partial charge in [-0.3, -0.25) is 4.79 Å². The van der Waals surface area contributed by atoms with Crippen LogP contribution in [0.25, 0.3) is 11.1 Å². The quantitative estimate of drug-likeness (QED) is 0.720. The molecule has 0 bridgehead atoms. The van der Waals surface area contributed by atoms with Crippen molar-refractivity contribution in [2.75, 3.05) is 19.8 Å². The van der Waals surface area contributed by atoms with Gasteiger partial charge in [-0.25, -0.2) is 0 Å². The highest BCUT2D eigenvalue weighted by Crippen LogP contribution is 2.28. The topological polar surface area (TPSA) is 71.6 Å². The Kier molecular flexibility index (Phi) is 4.19. The molecule has 6 nitrogen and oxygen atoms in total. The van der Waals surface area contributed by atoms with E-state index < -0.39 is 0 Å². The number of carbonyl (C=O) groups excluding carboxylic acids is 1. The standard InChI is InChI=1S/C18H18N2O4S/c1-2-12-4-6-15(23-12)14-10-22-8-7-20(14)17(21)11-3-5-13-16(9-11)24-18(25)19-13/h3-6,9,14H,2,7-8,10H2,1H3,(H,19,25). The summed E-state index contributed by atoms with van der Waals surface area (Å²) >= 11 is 5.00. The number of aromatic amines is 1. The minimum absolute atomic E-state index is 0.0769. The van der Waals surface area contributed by atoms with Gasteiger partial charge in [-0.1, -0.05) is 6.92 Å². The van der Waals surface area contributed by atoms with Crippen LogP contribution in [0.4, 0.5) is 0 Å². The molecule has 1 aliphatic heterocycles. The SMILES string of the molecule is CCc1ccc(C2COCCN2C(=O)c2ccc3[nH]c(=S)oc3c2)o1. The molecule has 1 aromatic carbocycles. The maximum Gasteiger partial charge on any atom is 0.266 e. The van der Waals surface area contributed by atoms with Gasteiger partial charge in [0, 0.05) is 18.5 Å². The van der Waals surface area contributed by atoms with E-state index in [1.807, 2.05) is 19.1 Å². The molecule has 0 radical (unpaired) electrons. The van der Waals surface area contributed by atoms with Crippen LogP contribution in [0.5, 0.6) is 0 Å². The number of hydrogen-bond donors (Lipinski definition) is 1. The van der Waals surface area contributed by atoms with Gasteiger partial charge in [0.05, 0.1) is 18.7 Å². The van der Waals surface area contributed by atoms with Gasteiger partial charge >= 0.3 is 0 Å². The Labute approximate surface area is 149 Å². The van der Waals surface area contributed by atoms with Gasteiger partial charge < -0.3 is 23.5 Å². The van der Waals surface area contributed by atoms with Crippen LogP contribution >= 0.6 is 12.2 Å². The number of nitrogens with one attached hydrogen (secondary N) is 1. The Morgan fingerprint density at radius 3 is 3.00 bits per heavy atom. The highest BCUT2D eigenvalue weighted by molar-refractivity contribution is 7.71. The summed E-state index contributed by atoms with van der Waals surface area (Å²) in [5.41, 5.74) is 1.91. The van der Waals surface area contributed by atoms with Gasteiger partial charge in [0.1, 0.15) is 17.6 Å². The second-order valence-corrected chi connectivity index (χ2v) is 6.34. The number of oxazole rings is 1. The third kappa shape index (κ3) is 3.01. The van der Waals surface area contributed by atoms with Gasteiger partial charge in [0.15, 0.2) is 5.58 Å². The van der Waals surface area contributed by atoms with Crippen molar-refractivity contribution in [2.24, 2.45) is 0 Å². The number of aromatic nitrogens is 1. The number of amides is 1. The Morgan fingerprint density at radius 2 is 2.20 bits per heavy atom. The summed E-state index contributed by atoms with van der Waals surface area (Å²) in [6.45, 7) is 3.48. The van der Waals surface area contributed by atoms with E-state index in [-0.39, 0.29) is 11.9 Å². The molecule has 2 aromatic heterocycles. The molecule has 130 valence electrons. The third-order valence-corrected chi connectivity index (χ3v) is 4.60. The lowest BCUT2D eigenvalue weighted by atomic mass is 10.1. The zero-order valence-electron chi connectivity index (χ0n) is 13.8. The molecule has 3 aromatic rings. The molecule has 1 amide bonds. The normalized spacial score (nSPS) is 18.0. The van der Waals surface area contributed by atoms with Crippen LogP contribution in [-0.2, 0) is 11.2 Å². The number of ether oxygens (including phenoxy) is 1. The highest BCUT2D eigenvalue weighted by atomic mass is 32.1. The molecule has 0 aliphatic carbocycles. The fourth-order valence-corrected chi connectivity index (χ4v) is 3.29. The van der Waals surface area contributed by atoms with Crippen LogP contribution in [0.3, 0.4) is 0 Å². The van der Waals surface area contributed by atoms with Crippen molar-refractivity contribution >= 4 is 29.2 Å². The van der Waals surface area contributed by atoms with E-state index in [4.69, 9.17) is 25.8 Å². The number of carbonyl (C=O) groups is 1. The van der Waals surface area contributed by atoms with E-state index in [0.717, 1.165) is 23.5 Å². The average Bonchev–Trinajstić information content (AvgIpc) is 3.25. The molecule has 0 saturated carbocycles. The van der Waals surface area contributed by atoms with Crippen LogP contribution < -0.4 is 0 Å². The number of rotatable bonds is 3. The summed E-state index contributed by atoms with van der Waals surface area (Å²) in [7, 11) is 0. The first-order valence-corrected chi connectivity index (χ1v) is 8.66. The molecule has 1 atom stereocenters. The van der Waals surface area contributed by atoms with Crippen LogP contribution in [0.2, 0.25) is 0 Å². The molecule has 4 rings (SSSR count). The number of nitrogens with zero attached hydrogens (tertiary/aromatic N) is 1. The lowest BCUT2D eigenvalue weighted by molar-refractivity contribution is -0.00900. The first kappa shape index (κ1) is 16.1. The van der Waals surface area contributed by atoms with Gasteiger partial charge in [-0.15, -0.1) is 0 Å². The first-order chi connectivity index (χ1) is 12.2. The number of aryl methyl sites for hydroxylation is 1. The zero-order chi connectivity index (χ0) is 17.4. The Hall–Kier alpha value is -2.38. The van der Waals surface area contributed by atoms with Crippen LogP contribution in [-0.4, -0.2) is 35.5 Å². The number of benzene rings is 1. The van der Waals surface area contributed by atoms with E-state index in [1.54, 1.807) is 23.1 Å². The molecule has 1 saturated heterocycles. The summed E-state index contributed by atoms with van der Waals surface area (Å²) in [4.78, 5) is 18.1. The van der Waals surface area contributed by atoms with Gasteiger partial charge in [-0.2, -0.15) is 0 Å². The lowest BCUT2D eigenvalue weighted by Gasteiger charge is -2.34. The number of H-pyrrole nitrogens is 1. The smallest absolute Gasteiger partial charge is 0.266 e. The van der Waals surface area contributed by atoms with E-state index in [0.29, 0.717) is 35.7 Å². The van der Waals surface area contributed by atoms with Crippen LogP contribution in [0.1, 0.15) is 34.8 Å². The van der Waals surface area contributed by atoms with E-state index in [2.05, 4.69) is 4.98 Å². The van der Waals surface area contributed by atoms with Crippen molar-refractivity contribution in [1.82, 2.24) is 9.88 Å². The van der Waals surface area contributed by atoms with Crippen molar-refractivity contribution in [3.63, 3.8) is 0 Å². The largest absolute Gasteiger partial charge is 0.464 e. The van der Waals surface area contributed by atoms with Crippen molar-refractivity contribution in [3.05, 3.63) is 52.3 Å². The van der Waals surface area contributed by atoms with Gasteiger partial charge in [0.2, 0.25) is 0 Å². The third-order valence-electron chi connectivity index (χ3n) is 4.42. The molecule has 0 spiro atoms. The van der Waals surface area contributed by atoms with Gasteiger partial charge in [0.25, 0.3) is 10.7 Å². The number of fused-ring (bicyclic) bond motifs is 1. The zero-order valence-corrected chi connectivity index (χ0v) is 14.6. The summed E-state index contributed by atoms with van der Waals surface area (Å²) in [6.07, 6.45) is 0.816. The van der Waals surface area contributed by atoms with Crippen molar-refractivity contribution in [3.8, 4) is 0 Å². The fraction of sp³-hybridized carbons (Fsp3) is 0.333. The highest BCUT2D eigenvalue weighted by Gasteiger charge is 2.31. The van der Waals surface area contributed by atoms with E-state index in [9.17, 15) is 4.79 Å². The van der Waals surface area contributed by atoms with Crippen molar-refractivity contribution < 1.29 is 18.4 Å². The summed E-state index contributed by atoms with van der Waals surface area (Å²) in [5, 5.41) is 0. The molecule has 7 heteroatoms. The summed E-state index contributed by atoms with van der Waals surface area (Å²) < 4.78 is 16.8. The van der Waals surface area contributed by atoms with Crippen LogP contribution in [0.15, 0.2) is 39.2 Å². The van der Waals surface area contributed by atoms with Crippen molar-refractivity contribution in [1.29, 1.82) is 0 Å². The number of furan rings is 1.